The second-order valence-electron chi connectivity index (χ2n) is 24.2. The van der Waals surface area contributed by atoms with Gasteiger partial charge in [-0.15, -0.1) is 0 Å². The van der Waals surface area contributed by atoms with Crippen molar-refractivity contribution in [2.45, 2.75) is 412 Å². The first-order chi connectivity index (χ1) is 38.0. The highest BCUT2D eigenvalue weighted by atomic mass is 16.6. The van der Waals surface area contributed by atoms with Gasteiger partial charge >= 0.3 is 17.9 Å². The van der Waals surface area contributed by atoms with Crippen LogP contribution >= 0.6 is 0 Å². The minimum atomic E-state index is -0.770. The van der Waals surface area contributed by atoms with Crippen molar-refractivity contribution in [3.8, 4) is 0 Å². The lowest BCUT2D eigenvalue weighted by Crippen LogP contribution is -2.30. The third-order valence-corrected chi connectivity index (χ3v) is 16.3. The Hall–Kier alpha value is -1.85. The lowest BCUT2D eigenvalue weighted by Gasteiger charge is -2.18. The summed E-state index contributed by atoms with van der Waals surface area (Å²) in [6.45, 7) is 6.69. The number of carbonyl (C=O) groups is 3. The third-order valence-electron chi connectivity index (χ3n) is 16.3. The standard InChI is InChI=1S/C71H136O6/c1-4-7-10-13-16-19-22-25-27-28-29-30-31-32-33-34-35-36-37-38-39-40-41-42-43-44-45-47-49-52-55-58-61-64-70(73)76-67-68(66-75-69(72)63-60-57-54-51-48-24-21-18-15-12-9-6-3)77-71(74)65-62-59-56-53-50-46-26-23-20-17-14-11-8-5-2/h23,26,68H,4-22,24-25,27-67H2,1-3H3/b26-23-. The molecule has 0 fully saturated rings. The predicted molar refractivity (Wildman–Crippen MR) is 335 cm³/mol. The van der Waals surface area contributed by atoms with Crippen LogP contribution in [0.2, 0.25) is 0 Å². The molecule has 0 bridgehead atoms. The van der Waals surface area contributed by atoms with E-state index in [2.05, 4.69) is 32.9 Å². The van der Waals surface area contributed by atoms with E-state index < -0.39 is 6.10 Å². The monoisotopic (exact) mass is 1090 g/mol. The molecule has 0 amide bonds. The molecule has 1 atom stereocenters. The highest BCUT2D eigenvalue weighted by Gasteiger charge is 2.19. The summed E-state index contributed by atoms with van der Waals surface area (Å²) < 4.78 is 16.9. The van der Waals surface area contributed by atoms with Gasteiger partial charge in [0.2, 0.25) is 0 Å². The van der Waals surface area contributed by atoms with Gasteiger partial charge in [-0.2, -0.15) is 0 Å². The summed E-state index contributed by atoms with van der Waals surface area (Å²) in [5, 5.41) is 0. The number of ether oxygens (including phenoxy) is 3. The summed E-state index contributed by atoms with van der Waals surface area (Å²) in [7, 11) is 0. The molecule has 0 radical (unpaired) electrons. The molecule has 0 spiro atoms. The maximum absolute atomic E-state index is 12.9. The minimum Gasteiger partial charge on any atom is -0.462 e. The summed E-state index contributed by atoms with van der Waals surface area (Å²) in [6, 6.07) is 0. The molecule has 0 rings (SSSR count). The third kappa shape index (κ3) is 64.9. The Balaban J connectivity index is 4.02. The molecule has 6 nitrogen and oxygen atoms in total. The zero-order valence-corrected chi connectivity index (χ0v) is 52.5. The van der Waals surface area contributed by atoms with Gasteiger partial charge in [0.05, 0.1) is 0 Å². The molecule has 0 aliphatic rings. The number of hydrogen-bond donors (Lipinski definition) is 0. The largest absolute Gasteiger partial charge is 0.462 e. The average molecular weight is 1090 g/mol. The maximum atomic E-state index is 12.9. The summed E-state index contributed by atoms with van der Waals surface area (Å²) >= 11 is 0. The number of rotatable bonds is 66. The Bertz CT molecular complexity index is 1200. The fraction of sp³-hybridized carbons (Fsp3) is 0.930. The van der Waals surface area contributed by atoms with Crippen LogP contribution in [-0.2, 0) is 28.6 Å². The summed E-state index contributed by atoms with van der Waals surface area (Å²) in [5.74, 6) is -0.847. The van der Waals surface area contributed by atoms with Crippen LogP contribution in [0.5, 0.6) is 0 Å². The number of esters is 3. The summed E-state index contributed by atoms with van der Waals surface area (Å²) in [5.41, 5.74) is 0. The molecule has 0 heterocycles. The van der Waals surface area contributed by atoms with Crippen LogP contribution in [0.25, 0.3) is 0 Å². The molecule has 0 saturated heterocycles. The zero-order chi connectivity index (χ0) is 55.7. The molecule has 77 heavy (non-hydrogen) atoms. The van der Waals surface area contributed by atoms with Gasteiger partial charge in [-0.3, -0.25) is 14.4 Å². The van der Waals surface area contributed by atoms with E-state index in [0.29, 0.717) is 19.3 Å². The first kappa shape index (κ1) is 75.2. The van der Waals surface area contributed by atoms with Gasteiger partial charge in [0.15, 0.2) is 6.10 Å². The van der Waals surface area contributed by atoms with Crippen molar-refractivity contribution in [2.24, 2.45) is 0 Å². The van der Waals surface area contributed by atoms with Gasteiger partial charge in [0, 0.05) is 19.3 Å². The molecule has 0 aliphatic heterocycles. The number of carbonyl (C=O) groups excluding carboxylic acids is 3. The first-order valence-corrected chi connectivity index (χ1v) is 35.2. The van der Waals surface area contributed by atoms with E-state index in [1.165, 1.54) is 302 Å². The van der Waals surface area contributed by atoms with Gasteiger partial charge in [-0.25, -0.2) is 0 Å². The van der Waals surface area contributed by atoms with Crippen LogP contribution in [0, 0.1) is 0 Å². The van der Waals surface area contributed by atoms with E-state index in [0.717, 1.165) is 64.2 Å². The Morgan fingerprint density at radius 2 is 0.429 bits per heavy atom. The second kappa shape index (κ2) is 66.7. The van der Waals surface area contributed by atoms with Crippen molar-refractivity contribution < 1.29 is 28.6 Å². The van der Waals surface area contributed by atoms with Crippen LogP contribution in [0.1, 0.15) is 406 Å². The highest BCUT2D eigenvalue weighted by Crippen LogP contribution is 2.19. The van der Waals surface area contributed by atoms with Crippen molar-refractivity contribution >= 4 is 17.9 Å². The minimum absolute atomic E-state index is 0.0671. The van der Waals surface area contributed by atoms with Crippen molar-refractivity contribution in [3.05, 3.63) is 12.2 Å². The molecule has 0 aromatic carbocycles. The number of unbranched alkanes of at least 4 members (excludes halogenated alkanes) is 53. The van der Waals surface area contributed by atoms with E-state index in [9.17, 15) is 14.4 Å². The van der Waals surface area contributed by atoms with Gasteiger partial charge in [-0.1, -0.05) is 354 Å². The molecule has 1 unspecified atom stereocenters. The SMILES string of the molecule is CCCCCCC/C=C\CCCCCCCC(=O)OC(COC(=O)CCCCCCCCCCCCCC)COC(=O)CCCCCCCCCCCCCCCCCCCCCCCCCCCCCCCCCCC. The Kier molecular flexibility index (Phi) is 65.1. The average Bonchev–Trinajstić information content (AvgIpc) is 3.43. The van der Waals surface area contributed by atoms with Gasteiger partial charge in [-0.05, 0) is 44.9 Å². The van der Waals surface area contributed by atoms with Gasteiger partial charge in [0.25, 0.3) is 0 Å². The summed E-state index contributed by atoms with van der Waals surface area (Å²) in [6.07, 6.45) is 79.8. The quantitative estimate of drug-likeness (QED) is 0.0261. The topological polar surface area (TPSA) is 78.9 Å². The van der Waals surface area contributed by atoms with Crippen molar-refractivity contribution in [1.29, 1.82) is 0 Å². The van der Waals surface area contributed by atoms with Crippen LogP contribution in [0.15, 0.2) is 12.2 Å². The molecular formula is C71H136O6. The normalized spacial score (nSPS) is 12.0. The van der Waals surface area contributed by atoms with Crippen LogP contribution in [0.4, 0.5) is 0 Å². The van der Waals surface area contributed by atoms with E-state index >= 15 is 0 Å². The van der Waals surface area contributed by atoms with Crippen molar-refractivity contribution in [2.75, 3.05) is 13.2 Å². The lowest BCUT2D eigenvalue weighted by atomic mass is 10.0. The molecule has 456 valence electrons. The van der Waals surface area contributed by atoms with Gasteiger partial charge in [0.1, 0.15) is 13.2 Å². The fourth-order valence-corrected chi connectivity index (χ4v) is 11.0. The number of allylic oxidation sites excluding steroid dienone is 2. The van der Waals surface area contributed by atoms with E-state index in [1.54, 1.807) is 0 Å². The van der Waals surface area contributed by atoms with Crippen LogP contribution in [0.3, 0.4) is 0 Å². The first-order valence-electron chi connectivity index (χ1n) is 35.2. The molecule has 0 aromatic heterocycles. The lowest BCUT2D eigenvalue weighted by molar-refractivity contribution is -0.167. The molecule has 0 N–H and O–H groups in total. The Morgan fingerprint density at radius 3 is 0.649 bits per heavy atom. The Morgan fingerprint density at radius 1 is 0.247 bits per heavy atom. The Labute approximate surface area is 481 Å². The van der Waals surface area contributed by atoms with Crippen molar-refractivity contribution in [3.63, 3.8) is 0 Å². The molecule has 0 saturated carbocycles. The molecule has 6 heteroatoms. The highest BCUT2D eigenvalue weighted by molar-refractivity contribution is 5.71. The number of hydrogen-bond acceptors (Lipinski definition) is 6. The zero-order valence-electron chi connectivity index (χ0n) is 52.5. The second-order valence-corrected chi connectivity index (χ2v) is 24.2. The fourth-order valence-electron chi connectivity index (χ4n) is 11.0. The maximum Gasteiger partial charge on any atom is 0.306 e. The molecule has 0 aliphatic carbocycles. The molecular weight excluding hydrogens is 949 g/mol. The predicted octanol–water partition coefficient (Wildman–Crippen LogP) is 24.0. The van der Waals surface area contributed by atoms with E-state index in [-0.39, 0.29) is 31.1 Å². The van der Waals surface area contributed by atoms with Gasteiger partial charge < -0.3 is 14.2 Å². The molecule has 0 aromatic rings. The van der Waals surface area contributed by atoms with E-state index in [1.807, 2.05) is 0 Å². The van der Waals surface area contributed by atoms with Crippen LogP contribution < -0.4 is 0 Å². The summed E-state index contributed by atoms with van der Waals surface area (Å²) in [4.78, 5) is 38.3. The smallest absolute Gasteiger partial charge is 0.306 e. The van der Waals surface area contributed by atoms with E-state index in [4.69, 9.17) is 14.2 Å². The van der Waals surface area contributed by atoms with Crippen LogP contribution in [-0.4, -0.2) is 37.2 Å². The van der Waals surface area contributed by atoms with Crippen molar-refractivity contribution in [1.82, 2.24) is 0 Å².